The first-order valence-corrected chi connectivity index (χ1v) is 4.59. The summed E-state index contributed by atoms with van der Waals surface area (Å²) in [4.78, 5) is 24.8. The van der Waals surface area contributed by atoms with Gasteiger partial charge in [0.2, 0.25) is 0 Å². The number of hydrogen-bond donors (Lipinski definition) is 3. The van der Waals surface area contributed by atoms with E-state index in [4.69, 9.17) is 19.4 Å². The summed E-state index contributed by atoms with van der Waals surface area (Å²) in [5, 5.41) is 0. The molecule has 0 saturated heterocycles. The SMILES string of the molecule is CC(C)OCO[PH](O)(O)O. The number of ether oxygens (including phenoxy) is 1. The van der Waals surface area contributed by atoms with Crippen LogP contribution in [0.3, 0.4) is 0 Å². The molecule has 0 heterocycles. The zero-order valence-corrected chi connectivity index (χ0v) is 6.94. The molecule has 0 atom stereocenters. The zero-order chi connectivity index (χ0) is 8.20. The molecule has 0 saturated carbocycles. The summed E-state index contributed by atoms with van der Waals surface area (Å²) in [7, 11) is -4.35. The van der Waals surface area contributed by atoms with Gasteiger partial charge in [0.05, 0.1) is 0 Å². The predicted molar refractivity (Wildman–Crippen MR) is 37.1 cm³/mol. The van der Waals surface area contributed by atoms with E-state index in [0.717, 1.165) is 0 Å². The molecule has 0 aliphatic rings. The van der Waals surface area contributed by atoms with Gasteiger partial charge in [-0.2, -0.15) is 0 Å². The molecule has 0 spiro atoms. The first-order valence-electron chi connectivity index (χ1n) is 2.84. The van der Waals surface area contributed by atoms with E-state index >= 15 is 0 Å². The van der Waals surface area contributed by atoms with E-state index in [0.29, 0.717) is 0 Å². The van der Waals surface area contributed by atoms with Crippen LogP contribution in [0.4, 0.5) is 0 Å². The predicted octanol–water partition coefficient (Wildman–Crippen LogP) is -0.228. The van der Waals surface area contributed by atoms with E-state index in [9.17, 15) is 0 Å². The summed E-state index contributed by atoms with van der Waals surface area (Å²) in [6, 6.07) is 0. The van der Waals surface area contributed by atoms with E-state index in [1.807, 2.05) is 0 Å². The van der Waals surface area contributed by atoms with Crippen molar-refractivity contribution in [1.29, 1.82) is 0 Å². The van der Waals surface area contributed by atoms with Crippen LogP contribution in [0.1, 0.15) is 13.8 Å². The van der Waals surface area contributed by atoms with Crippen molar-refractivity contribution < 1.29 is 23.9 Å². The molecule has 0 unspecified atom stereocenters. The Hall–Kier alpha value is 0.230. The second-order valence-corrected chi connectivity index (χ2v) is 3.49. The van der Waals surface area contributed by atoms with Crippen molar-refractivity contribution in [3.63, 3.8) is 0 Å². The third kappa shape index (κ3) is 8.23. The Labute approximate surface area is 59.9 Å². The molecule has 5 nitrogen and oxygen atoms in total. The van der Waals surface area contributed by atoms with Crippen LogP contribution in [-0.4, -0.2) is 27.6 Å². The molecule has 0 amide bonds. The third-order valence-corrected chi connectivity index (χ3v) is 1.16. The number of hydrogen-bond acceptors (Lipinski definition) is 5. The van der Waals surface area contributed by atoms with E-state index in [2.05, 4.69) is 4.52 Å². The quantitative estimate of drug-likeness (QED) is 0.403. The van der Waals surface area contributed by atoms with Crippen molar-refractivity contribution in [2.45, 2.75) is 20.0 Å². The topological polar surface area (TPSA) is 79.2 Å². The molecule has 0 aromatic carbocycles. The molecule has 0 fully saturated rings. The Morgan fingerprint density at radius 3 is 2.10 bits per heavy atom. The number of rotatable bonds is 4. The minimum absolute atomic E-state index is 0.0589. The van der Waals surface area contributed by atoms with Crippen LogP contribution in [0, 0.1) is 0 Å². The molecule has 6 heteroatoms. The van der Waals surface area contributed by atoms with Crippen LogP contribution in [0.25, 0.3) is 0 Å². The minimum atomic E-state index is -4.35. The van der Waals surface area contributed by atoms with Crippen LogP contribution in [0.5, 0.6) is 0 Å². The summed E-state index contributed by atoms with van der Waals surface area (Å²) >= 11 is 0. The Kier molecular flexibility index (Phi) is 4.28. The van der Waals surface area contributed by atoms with Crippen LogP contribution in [0.15, 0.2) is 0 Å². The Morgan fingerprint density at radius 1 is 1.30 bits per heavy atom. The monoisotopic (exact) mass is 172 g/mol. The van der Waals surface area contributed by atoms with E-state index < -0.39 is 8.17 Å². The van der Waals surface area contributed by atoms with Crippen LogP contribution >= 0.6 is 8.17 Å². The maximum absolute atomic E-state index is 8.28. The van der Waals surface area contributed by atoms with Crippen LogP contribution in [-0.2, 0) is 9.26 Å². The van der Waals surface area contributed by atoms with Crippen molar-refractivity contribution in [1.82, 2.24) is 0 Å². The molecule has 3 N–H and O–H groups in total. The van der Waals surface area contributed by atoms with Gasteiger partial charge in [-0.3, -0.25) is 0 Å². The Bertz CT molecular complexity index is 88.1. The van der Waals surface area contributed by atoms with Crippen molar-refractivity contribution in [3.05, 3.63) is 0 Å². The third-order valence-electron chi connectivity index (χ3n) is 0.654. The average Bonchev–Trinajstić information content (AvgIpc) is 1.59. The summed E-state index contributed by atoms with van der Waals surface area (Å²) in [5.74, 6) is 0. The van der Waals surface area contributed by atoms with Gasteiger partial charge in [-0.15, -0.1) is 0 Å². The molecule has 0 aliphatic heterocycles. The first-order chi connectivity index (χ1) is 4.42. The Morgan fingerprint density at radius 2 is 1.80 bits per heavy atom. The summed E-state index contributed by atoms with van der Waals surface area (Å²) in [6.07, 6.45) is -0.0589. The van der Waals surface area contributed by atoms with E-state index in [-0.39, 0.29) is 12.9 Å². The molecular weight excluding hydrogens is 159 g/mol. The van der Waals surface area contributed by atoms with Gasteiger partial charge in [0, 0.05) is 0 Å². The van der Waals surface area contributed by atoms with E-state index in [1.165, 1.54) is 0 Å². The van der Waals surface area contributed by atoms with Gasteiger partial charge in [-0.1, -0.05) is 0 Å². The van der Waals surface area contributed by atoms with Crippen LogP contribution < -0.4 is 0 Å². The van der Waals surface area contributed by atoms with Crippen molar-refractivity contribution in [2.24, 2.45) is 0 Å². The van der Waals surface area contributed by atoms with Gasteiger partial charge in [0.1, 0.15) is 0 Å². The zero-order valence-electron chi connectivity index (χ0n) is 5.94. The molecule has 64 valence electrons. The summed E-state index contributed by atoms with van der Waals surface area (Å²) in [6.45, 7) is 3.23. The standard InChI is InChI=1S/C4H13O5P/c1-4(2)8-3-9-10(5,6)7/h4-7,10H,3H2,1-2H3. The maximum atomic E-state index is 8.28. The average molecular weight is 172 g/mol. The van der Waals surface area contributed by atoms with Crippen LogP contribution in [0.2, 0.25) is 0 Å². The fraction of sp³-hybridized carbons (Fsp3) is 1.00. The molecule has 0 radical (unpaired) electrons. The van der Waals surface area contributed by atoms with Gasteiger partial charge in [0.15, 0.2) is 0 Å². The van der Waals surface area contributed by atoms with Gasteiger partial charge in [-0.25, -0.2) is 0 Å². The van der Waals surface area contributed by atoms with Crippen molar-refractivity contribution in [3.8, 4) is 0 Å². The molecular formula is C4H13O5P. The normalized spacial score (nSPS) is 14.2. The van der Waals surface area contributed by atoms with Crippen molar-refractivity contribution in [2.75, 3.05) is 6.79 Å². The van der Waals surface area contributed by atoms with Gasteiger partial charge in [0.25, 0.3) is 0 Å². The molecule has 0 aromatic heterocycles. The molecule has 0 rings (SSSR count). The van der Waals surface area contributed by atoms with E-state index in [1.54, 1.807) is 13.8 Å². The molecule has 0 aliphatic carbocycles. The second kappa shape index (κ2) is 4.18. The molecule has 0 bridgehead atoms. The Balaban J connectivity index is 3.21. The fourth-order valence-electron chi connectivity index (χ4n) is 0.249. The van der Waals surface area contributed by atoms with Gasteiger partial charge >= 0.3 is 58.9 Å². The molecule has 0 aromatic rings. The van der Waals surface area contributed by atoms with Gasteiger partial charge < -0.3 is 0 Å². The molecule has 10 heavy (non-hydrogen) atoms. The van der Waals surface area contributed by atoms with Crippen molar-refractivity contribution >= 4 is 8.17 Å². The summed E-state index contributed by atoms with van der Waals surface area (Å²) in [5.41, 5.74) is 0. The van der Waals surface area contributed by atoms with Gasteiger partial charge in [-0.05, 0) is 0 Å². The summed E-state index contributed by atoms with van der Waals surface area (Å²) < 4.78 is 8.87. The first kappa shape index (κ1) is 10.2. The fourth-order valence-corrected chi connectivity index (χ4v) is 0.475. The second-order valence-electron chi connectivity index (χ2n) is 2.05.